The summed E-state index contributed by atoms with van der Waals surface area (Å²) in [5.74, 6) is -1.13. The Morgan fingerprint density at radius 3 is 2.60 bits per heavy atom. The van der Waals surface area contributed by atoms with Gasteiger partial charge >= 0.3 is 6.03 Å². The fraction of sp³-hybridized carbons (Fsp3) is 0.500. The summed E-state index contributed by atoms with van der Waals surface area (Å²) in [6, 6.07) is 2.65. The van der Waals surface area contributed by atoms with Gasteiger partial charge in [0, 0.05) is 18.7 Å². The molecule has 0 unspecified atom stereocenters. The zero-order valence-electron chi connectivity index (χ0n) is 11.9. The Balaban J connectivity index is 2.63. The minimum Gasteiger partial charge on any atom is -0.389 e. The SMILES string of the molecule is CCN(CC(C)(C)O)C(=O)NCc1cc(F)ccc1F. The third-order valence-electron chi connectivity index (χ3n) is 2.68. The molecule has 0 fully saturated rings. The minimum absolute atomic E-state index is 0.0812. The number of nitrogens with zero attached hydrogens (tertiary/aromatic N) is 1. The van der Waals surface area contributed by atoms with E-state index in [2.05, 4.69) is 5.32 Å². The Labute approximate surface area is 117 Å². The van der Waals surface area contributed by atoms with E-state index >= 15 is 0 Å². The third kappa shape index (κ3) is 5.13. The number of halogens is 2. The number of nitrogens with one attached hydrogen (secondary N) is 1. The highest BCUT2D eigenvalue weighted by Gasteiger charge is 2.21. The molecule has 0 spiro atoms. The lowest BCUT2D eigenvalue weighted by Crippen LogP contribution is -2.46. The third-order valence-corrected chi connectivity index (χ3v) is 2.68. The molecule has 1 rings (SSSR count). The van der Waals surface area contributed by atoms with Gasteiger partial charge in [0.05, 0.1) is 12.1 Å². The molecule has 1 aromatic rings. The number of likely N-dealkylation sites (N-methyl/N-ethyl adjacent to an activating group) is 1. The number of rotatable bonds is 5. The molecular weight excluding hydrogens is 266 g/mol. The predicted molar refractivity (Wildman–Crippen MR) is 72.1 cm³/mol. The van der Waals surface area contributed by atoms with E-state index in [4.69, 9.17) is 0 Å². The molecule has 0 aromatic heterocycles. The van der Waals surface area contributed by atoms with Crippen molar-refractivity contribution in [3.63, 3.8) is 0 Å². The topological polar surface area (TPSA) is 52.6 Å². The van der Waals surface area contributed by atoms with Crippen LogP contribution in [0.3, 0.4) is 0 Å². The summed E-state index contributed by atoms with van der Waals surface area (Å²) >= 11 is 0. The number of urea groups is 1. The zero-order valence-corrected chi connectivity index (χ0v) is 11.9. The molecule has 0 aliphatic carbocycles. The maximum Gasteiger partial charge on any atom is 0.317 e. The lowest BCUT2D eigenvalue weighted by atomic mass is 10.1. The van der Waals surface area contributed by atoms with Crippen LogP contribution in [-0.4, -0.2) is 34.7 Å². The van der Waals surface area contributed by atoms with Crippen molar-refractivity contribution in [2.45, 2.75) is 32.9 Å². The summed E-state index contributed by atoms with van der Waals surface area (Å²) in [5, 5.41) is 12.2. The summed E-state index contributed by atoms with van der Waals surface area (Å²) in [5.41, 5.74) is -0.935. The lowest BCUT2D eigenvalue weighted by Gasteiger charge is -2.28. The van der Waals surface area contributed by atoms with Crippen LogP contribution in [-0.2, 0) is 6.54 Å². The number of carbonyl (C=O) groups is 1. The van der Waals surface area contributed by atoms with Crippen molar-refractivity contribution in [1.82, 2.24) is 10.2 Å². The van der Waals surface area contributed by atoms with Crippen molar-refractivity contribution in [2.24, 2.45) is 0 Å². The van der Waals surface area contributed by atoms with Gasteiger partial charge in [0.15, 0.2) is 0 Å². The van der Waals surface area contributed by atoms with Crippen LogP contribution in [0.4, 0.5) is 13.6 Å². The molecule has 2 N–H and O–H groups in total. The average Bonchev–Trinajstić information content (AvgIpc) is 2.35. The molecule has 4 nitrogen and oxygen atoms in total. The number of carbonyl (C=O) groups excluding carboxylic acids is 1. The quantitative estimate of drug-likeness (QED) is 0.872. The Bertz CT molecular complexity index is 473. The number of hydrogen-bond donors (Lipinski definition) is 2. The molecule has 6 heteroatoms. The largest absolute Gasteiger partial charge is 0.389 e. The smallest absolute Gasteiger partial charge is 0.317 e. The molecule has 0 heterocycles. The second kappa shape index (κ2) is 6.65. The minimum atomic E-state index is -1.02. The van der Waals surface area contributed by atoms with Gasteiger partial charge in [0.25, 0.3) is 0 Å². The number of aliphatic hydroxyl groups is 1. The number of amides is 2. The summed E-state index contributed by atoms with van der Waals surface area (Å²) in [6.07, 6.45) is 0. The van der Waals surface area contributed by atoms with Crippen molar-refractivity contribution in [1.29, 1.82) is 0 Å². The maximum absolute atomic E-state index is 13.4. The lowest BCUT2D eigenvalue weighted by molar-refractivity contribution is 0.0479. The van der Waals surface area contributed by atoms with Crippen LogP contribution in [0.5, 0.6) is 0 Å². The van der Waals surface area contributed by atoms with E-state index in [-0.39, 0.29) is 18.7 Å². The molecule has 2 amide bonds. The van der Waals surface area contributed by atoms with Crippen molar-refractivity contribution >= 4 is 6.03 Å². The molecule has 0 saturated heterocycles. The van der Waals surface area contributed by atoms with Crippen LogP contribution in [0.15, 0.2) is 18.2 Å². The van der Waals surface area contributed by atoms with E-state index in [9.17, 15) is 18.7 Å². The van der Waals surface area contributed by atoms with Gasteiger partial charge in [-0.15, -0.1) is 0 Å². The molecular formula is C14H20F2N2O2. The molecule has 0 aliphatic rings. The fourth-order valence-electron chi connectivity index (χ4n) is 1.76. The molecule has 0 saturated carbocycles. The first-order valence-corrected chi connectivity index (χ1v) is 6.42. The van der Waals surface area contributed by atoms with Crippen molar-refractivity contribution in [3.05, 3.63) is 35.4 Å². The van der Waals surface area contributed by atoms with E-state index in [0.29, 0.717) is 6.54 Å². The summed E-state index contributed by atoms with van der Waals surface area (Å²) < 4.78 is 26.4. The van der Waals surface area contributed by atoms with Crippen molar-refractivity contribution in [3.8, 4) is 0 Å². The summed E-state index contributed by atoms with van der Waals surface area (Å²) in [7, 11) is 0. The van der Waals surface area contributed by atoms with E-state index in [1.54, 1.807) is 20.8 Å². The second-order valence-corrected chi connectivity index (χ2v) is 5.22. The number of hydrogen-bond acceptors (Lipinski definition) is 2. The molecule has 112 valence electrons. The van der Waals surface area contributed by atoms with E-state index < -0.39 is 23.3 Å². The highest BCUT2D eigenvalue weighted by atomic mass is 19.1. The predicted octanol–water partition coefficient (Wildman–Crippen LogP) is 2.27. The average molecular weight is 286 g/mol. The van der Waals surface area contributed by atoms with Crippen LogP contribution in [0, 0.1) is 11.6 Å². The van der Waals surface area contributed by atoms with Crippen LogP contribution < -0.4 is 5.32 Å². The fourth-order valence-corrected chi connectivity index (χ4v) is 1.76. The molecule has 0 radical (unpaired) electrons. The Hall–Kier alpha value is -1.69. The van der Waals surface area contributed by atoms with E-state index in [0.717, 1.165) is 18.2 Å². The first-order valence-electron chi connectivity index (χ1n) is 6.42. The van der Waals surface area contributed by atoms with E-state index in [1.165, 1.54) is 4.90 Å². The number of benzene rings is 1. The van der Waals surface area contributed by atoms with Gasteiger partial charge in [0.2, 0.25) is 0 Å². The van der Waals surface area contributed by atoms with Crippen LogP contribution in [0.2, 0.25) is 0 Å². The maximum atomic E-state index is 13.4. The molecule has 20 heavy (non-hydrogen) atoms. The van der Waals surface area contributed by atoms with Gasteiger partial charge in [-0.2, -0.15) is 0 Å². The van der Waals surface area contributed by atoms with Crippen LogP contribution in [0.1, 0.15) is 26.3 Å². The Morgan fingerprint density at radius 1 is 1.40 bits per heavy atom. The standard InChI is InChI=1S/C14H20F2N2O2/c1-4-18(9-14(2,3)20)13(19)17-8-10-7-11(15)5-6-12(10)16/h5-7,20H,4,8-9H2,1-3H3,(H,17,19). The van der Waals surface area contributed by atoms with Crippen LogP contribution >= 0.6 is 0 Å². The van der Waals surface area contributed by atoms with Gasteiger partial charge < -0.3 is 15.3 Å². The van der Waals surface area contributed by atoms with Crippen molar-refractivity contribution < 1.29 is 18.7 Å². The normalized spacial score (nSPS) is 11.3. The molecule has 1 aromatic carbocycles. The summed E-state index contributed by atoms with van der Waals surface area (Å²) in [6.45, 7) is 5.41. The van der Waals surface area contributed by atoms with Gasteiger partial charge in [-0.3, -0.25) is 0 Å². The first kappa shape index (κ1) is 16.4. The first-order chi connectivity index (χ1) is 9.23. The van der Waals surface area contributed by atoms with Gasteiger partial charge in [-0.05, 0) is 39.0 Å². The molecule has 0 bridgehead atoms. The highest BCUT2D eigenvalue weighted by molar-refractivity contribution is 5.74. The summed E-state index contributed by atoms with van der Waals surface area (Å²) in [4.78, 5) is 13.3. The Kier molecular flexibility index (Phi) is 5.44. The van der Waals surface area contributed by atoms with Crippen molar-refractivity contribution in [2.75, 3.05) is 13.1 Å². The zero-order chi connectivity index (χ0) is 15.3. The van der Waals surface area contributed by atoms with Gasteiger partial charge in [-0.25, -0.2) is 13.6 Å². The second-order valence-electron chi connectivity index (χ2n) is 5.22. The van der Waals surface area contributed by atoms with Gasteiger partial charge in [0.1, 0.15) is 11.6 Å². The highest BCUT2D eigenvalue weighted by Crippen LogP contribution is 2.10. The molecule has 0 aliphatic heterocycles. The molecule has 0 atom stereocenters. The van der Waals surface area contributed by atoms with E-state index in [1.807, 2.05) is 0 Å². The van der Waals surface area contributed by atoms with Crippen LogP contribution in [0.25, 0.3) is 0 Å². The monoisotopic (exact) mass is 286 g/mol. The van der Waals surface area contributed by atoms with Gasteiger partial charge in [-0.1, -0.05) is 0 Å². The Morgan fingerprint density at radius 2 is 2.05 bits per heavy atom.